The van der Waals surface area contributed by atoms with Crippen LogP contribution in [0, 0.1) is 11.3 Å². The molecule has 0 aliphatic carbocycles. The van der Waals surface area contributed by atoms with E-state index in [9.17, 15) is 14.9 Å². The van der Waals surface area contributed by atoms with Gasteiger partial charge in [-0.15, -0.1) is 0 Å². The molecular formula is C27H33N3O2. The molecule has 0 fully saturated rings. The van der Waals surface area contributed by atoms with E-state index in [1.54, 1.807) is 6.92 Å². The first-order chi connectivity index (χ1) is 15.3. The van der Waals surface area contributed by atoms with Gasteiger partial charge in [-0.2, -0.15) is 5.26 Å². The van der Waals surface area contributed by atoms with Gasteiger partial charge in [-0.3, -0.25) is 14.5 Å². The van der Waals surface area contributed by atoms with Crippen molar-refractivity contribution >= 4 is 17.5 Å². The zero-order valence-corrected chi connectivity index (χ0v) is 19.9. The third kappa shape index (κ3) is 4.02. The van der Waals surface area contributed by atoms with Crippen molar-refractivity contribution in [2.75, 3.05) is 18.0 Å². The number of hydrogen-bond donors (Lipinski definition) is 0. The lowest BCUT2D eigenvalue weighted by molar-refractivity contribution is -0.140. The first-order valence-electron chi connectivity index (χ1n) is 11.6. The van der Waals surface area contributed by atoms with Gasteiger partial charge in [0.15, 0.2) is 0 Å². The topological polar surface area (TPSA) is 64.4 Å². The third-order valence-corrected chi connectivity index (χ3v) is 6.50. The second-order valence-electron chi connectivity index (χ2n) is 9.01. The summed E-state index contributed by atoms with van der Waals surface area (Å²) in [6.07, 6.45) is 7.56. The van der Waals surface area contributed by atoms with Crippen LogP contribution >= 0.6 is 0 Å². The van der Waals surface area contributed by atoms with E-state index in [1.165, 1.54) is 16.2 Å². The zero-order valence-electron chi connectivity index (χ0n) is 19.9. The summed E-state index contributed by atoms with van der Waals surface area (Å²) in [5.41, 5.74) is 4.31. The first-order valence-corrected chi connectivity index (χ1v) is 11.6. The smallest absolute Gasteiger partial charge is 0.271 e. The van der Waals surface area contributed by atoms with E-state index < -0.39 is 5.91 Å². The minimum Gasteiger partial charge on any atom is -0.344 e. The SMILES string of the molecule is CCCCN1C(=O)C(C#N)=C(C)/C(=C/C=C2/N(CCCC)c3ccccc3C2(C)C)C1=O. The van der Waals surface area contributed by atoms with Crippen LogP contribution in [0.15, 0.2) is 58.8 Å². The molecule has 0 aromatic heterocycles. The van der Waals surface area contributed by atoms with Crippen LogP contribution in [-0.4, -0.2) is 29.8 Å². The number of fused-ring (bicyclic) bond motifs is 1. The van der Waals surface area contributed by atoms with Crippen LogP contribution in [0.3, 0.4) is 0 Å². The number of allylic oxidation sites excluding steroid dienone is 3. The Labute approximate surface area is 191 Å². The average molecular weight is 432 g/mol. The Morgan fingerprint density at radius 3 is 2.22 bits per heavy atom. The first kappa shape index (κ1) is 23.5. The van der Waals surface area contributed by atoms with Gasteiger partial charge in [0.05, 0.1) is 0 Å². The van der Waals surface area contributed by atoms with Gasteiger partial charge in [-0.25, -0.2) is 0 Å². The number of nitrogens with zero attached hydrogens (tertiary/aromatic N) is 3. The molecule has 1 aromatic rings. The molecule has 32 heavy (non-hydrogen) atoms. The fourth-order valence-corrected chi connectivity index (χ4v) is 4.54. The Morgan fingerprint density at radius 1 is 0.969 bits per heavy atom. The molecule has 168 valence electrons. The van der Waals surface area contributed by atoms with Gasteiger partial charge in [0.2, 0.25) is 0 Å². The molecular weight excluding hydrogens is 398 g/mol. The summed E-state index contributed by atoms with van der Waals surface area (Å²) in [5, 5.41) is 9.58. The molecule has 0 saturated heterocycles. The van der Waals surface area contributed by atoms with Crippen LogP contribution in [0.1, 0.15) is 65.9 Å². The predicted octanol–water partition coefficient (Wildman–Crippen LogP) is 5.40. The third-order valence-electron chi connectivity index (χ3n) is 6.50. The minimum absolute atomic E-state index is 0.0576. The fraction of sp³-hybridized carbons (Fsp3) is 0.444. The molecule has 0 atom stereocenters. The van der Waals surface area contributed by atoms with E-state index in [4.69, 9.17) is 0 Å². The van der Waals surface area contributed by atoms with Crippen molar-refractivity contribution in [1.29, 1.82) is 5.26 Å². The number of nitriles is 1. The van der Waals surface area contributed by atoms with Crippen molar-refractivity contribution in [3.8, 4) is 6.07 Å². The van der Waals surface area contributed by atoms with Crippen molar-refractivity contribution in [1.82, 2.24) is 4.90 Å². The number of para-hydroxylation sites is 1. The maximum absolute atomic E-state index is 13.2. The normalized spacial score (nSPS) is 20.4. The van der Waals surface area contributed by atoms with Gasteiger partial charge in [-0.1, -0.05) is 58.7 Å². The summed E-state index contributed by atoms with van der Waals surface area (Å²) in [5.74, 6) is -0.795. The lowest BCUT2D eigenvalue weighted by atomic mass is 9.83. The highest BCUT2D eigenvalue weighted by Gasteiger charge is 2.40. The monoisotopic (exact) mass is 431 g/mol. The summed E-state index contributed by atoms with van der Waals surface area (Å²) in [4.78, 5) is 29.5. The molecule has 0 saturated carbocycles. The molecule has 3 rings (SSSR count). The quantitative estimate of drug-likeness (QED) is 0.428. The van der Waals surface area contributed by atoms with Crippen LogP contribution < -0.4 is 4.90 Å². The standard InChI is InChI=1S/C27H33N3O2/c1-6-8-16-29-23-13-11-10-12-22(23)27(4,5)24(29)15-14-20-19(3)21(18-28)26(32)30(25(20)31)17-9-7-2/h10-15H,6-9,16-17H2,1-5H3/b20-14-,24-15+. The van der Waals surface area contributed by atoms with Crippen LogP contribution in [0.25, 0.3) is 0 Å². The van der Waals surface area contributed by atoms with Crippen LogP contribution in [0.2, 0.25) is 0 Å². The largest absolute Gasteiger partial charge is 0.344 e. The summed E-state index contributed by atoms with van der Waals surface area (Å²) < 4.78 is 0. The highest BCUT2D eigenvalue weighted by atomic mass is 16.2. The van der Waals surface area contributed by atoms with E-state index in [-0.39, 0.29) is 16.9 Å². The molecule has 0 spiro atoms. The summed E-state index contributed by atoms with van der Waals surface area (Å²) >= 11 is 0. The van der Waals surface area contributed by atoms with Gasteiger partial charge < -0.3 is 4.90 Å². The fourth-order valence-electron chi connectivity index (χ4n) is 4.54. The lowest BCUT2D eigenvalue weighted by Gasteiger charge is -2.28. The second-order valence-corrected chi connectivity index (χ2v) is 9.01. The molecule has 2 heterocycles. The highest BCUT2D eigenvalue weighted by molar-refractivity contribution is 6.18. The van der Waals surface area contributed by atoms with Crippen molar-refractivity contribution in [3.63, 3.8) is 0 Å². The van der Waals surface area contributed by atoms with E-state index in [0.717, 1.165) is 37.9 Å². The Bertz CT molecular complexity index is 1050. The van der Waals surface area contributed by atoms with Gasteiger partial charge in [0, 0.05) is 35.5 Å². The minimum atomic E-state index is -0.480. The number of hydrogen-bond acceptors (Lipinski definition) is 4. The van der Waals surface area contributed by atoms with E-state index in [0.29, 0.717) is 17.7 Å². The van der Waals surface area contributed by atoms with Crippen LogP contribution in [0.5, 0.6) is 0 Å². The van der Waals surface area contributed by atoms with Gasteiger partial charge in [0.1, 0.15) is 11.6 Å². The molecule has 2 aliphatic heterocycles. The van der Waals surface area contributed by atoms with Crippen molar-refractivity contribution < 1.29 is 9.59 Å². The number of amides is 2. The van der Waals surface area contributed by atoms with E-state index >= 15 is 0 Å². The maximum atomic E-state index is 13.2. The number of imide groups is 1. The highest BCUT2D eigenvalue weighted by Crippen LogP contribution is 2.47. The van der Waals surface area contributed by atoms with E-state index in [1.807, 2.05) is 25.1 Å². The lowest BCUT2D eigenvalue weighted by Crippen LogP contribution is -2.43. The number of carbonyl (C=O) groups is 2. The van der Waals surface area contributed by atoms with Crippen LogP contribution in [0.4, 0.5) is 5.69 Å². The summed E-state index contributed by atoms with van der Waals surface area (Å²) in [7, 11) is 0. The molecule has 0 unspecified atom stereocenters. The summed E-state index contributed by atoms with van der Waals surface area (Å²) in [6.45, 7) is 11.5. The Morgan fingerprint density at radius 2 is 1.59 bits per heavy atom. The van der Waals surface area contributed by atoms with E-state index in [2.05, 4.69) is 49.9 Å². The Balaban J connectivity index is 2.10. The van der Waals surface area contributed by atoms with Gasteiger partial charge in [-0.05, 0) is 49.1 Å². The molecule has 2 amide bonds. The number of benzene rings is 1. The molecule has 0 N–H and O–H groups in total. The Hall–Kier alpha value is -3.13. The van der Waals surface area contributed by atoms with Gasteiger partial charge >= 0.3 is 0 Å². The van der Waals surface area contributed by atoms with Gasteiger partial charge in [0.25, 0.3) is 11.8 Å². The molecule has 1 aromatic carbocycles. The zero-order chi connectivity index (χ0) is 23.5. The van der Waals surface area contributed by atoms with Crippen molar-refractivity contribution in [3.05, 3.63) is 64.4 Å². The number of carbonyl (C=O) groups excluding carboxylic acids is 2. The molecule has 5 heteroatoms. The molecule has 2 aliphatic rings. The number of anilines is 1. The predicted molar refractivity (Wildman–Crippen MR) is 128 cm³/mol. The van der Waals surface area contributed by atoms with Crippen molar-refractivity contribution in [2.24, 2.45) is 0 Å². The molecule has 5 nitrogen and oxygen atoms in total. The second kappa shape index (κ2) is 9.56. The summed E-state index contributed by atoms with van der Waals surface area (Å²) in [6, 6.07) is 10.5. The molecule has 0 bridgehead atoms. The van der Waals surface area contributed by atoms with Crippen molar-refractivity contribution in [2.45, 2.75) is 65.7 Å². The maximum Gasteiger partial charge on any atom is 0.271 e. The average Bonchev–Trinajstić information content (AvgIpc) is 2.99. The van der Waals surface area contributed by atoms with Crippen LogP contribution in [-0.2, 0) is 15.0 Å². The Kier molecular flexibility index (Phi) is 7.03. The molecule has 0 radical (unpaired) electrons. The number of unbranched alkanes of at least 4 members (excludes halogenated alkanes) is 2. The number of rotatable bonds is 7.